The van der Waals surface area contributed by atoms with Crippen LogP contribution in [0.5, 0.6) is 0 Å². The van der Waals surface area contributed by atoms with E-state index in [0.29, 0.717) is 6.42 Å². The molecule has 1 N–H and O–H groups in total. The van der Waals surface area contributed by atoms with Crippen molar-refractivity contribution in [2.75, 3.05) is 0 Å². The molecule has 70 valence electrons. The molecule has 1 atom stereocenters. The van der Waals surface area contributed by atoms with Gasteiger partial charge in [-0.05, 0) is 18.6 Å². The molecule has 0 aliphatic heterocycles. The Morgan fingerprint density at radius 2 is 2.31 bits per heavy atom. The molecule has 0 spiro atoms. The molecule has 0 aromatic carbocycles. The number of carboxylic acid groups (broad SMARTS) is 1. The summed E-state index contributed by atoms with van der Waals surface area (Å²) in [6.45, 7) is 3.64. The van der Waals surface area contributed by atoms with Crippen LogP contribution in [0.4, 0.5) is 0 Å². The van der Waals surface area contributed by atoms with E-state index in [-0.39, 0.29) is 5.92 Å². The highest BCUT2D eigenvalue weighted by atomic mass is 16.4. The van der Waals surface area contributed by atoms with Crippen LogP contribution in [0.15, 0.2) is 18.3 Å². The van der Waals surface area contributed by atoms with Gasteiger partial charge in [0.2, 0.25) is 0 Å². The first-order chi connectivity index (χ1) is 6.09. The molecule has 0 fully saturated rings. The predicted octanol–water partition coefficient (Wildman–Crippen LogP) is 1.65. The van der Waals surface area contributed by atoms with Gasteiger partial charge in [0.1, 0.15) is 0 Å². The fourth-order valence-electron chi connectivity index (χ4n) is 1.02. The second-order valence-corrected chi connectivity index (χ2v) is 3.27. The number of aromatic nitrogens is 1. The first kappa shape index (κ1) is 9.71. The number of carbonyl (C=O) groups is 1. The van der Waals surface area contributed by atoms with Crippen molar-refractivity contribution in [1.82, 2.24) is 4.98 Å². The Hall–Kier alpha value is -1.38. The van der Waals surface area contributed by atoms with E-state index in [9.17, 15) is 4.79 Å². The van der Waals surface area contributed by atoms with Gasteiger partial charge in [-0.1, -0.05) is 13.0 Å². The molecule has 1 unspecified atom stereocenters. The molecule has 0 aliphatic rings. The summed E-state index contributed by atoms with van der Waals surface area (Å²) in [5, 5.41) is 8.67. The standard InChI is InChI=1S/C10H13NO2/c1-7-3-4-9(11-6-7)5-8(2)10(12)13/h3-4,6,8H,5H2,1-2H3,(H,12,13). The van der Waals surface area contributed by atoms with Gasteiger partial charge in [0.05, 0.1) is 5.92 Å². The summed E-state index contributed by atoms with van der Waals surface area (Å²) in [6.07, 6.45) is 2.25. The summed E-state index contributed by atoms with van der Waals surface area (Å²) in [5.41, 5.74) is 1.92. The van der Waals surface area contributed by atoms with E-state index < -0.39 is 5.97 Å². The lowest BCUT2D eigenvalue weighted by atomic mass is 10.1. The van der Waals surface area contributed by atoms with Crippen LogP contribution in [0.25, 0.3) is 0 Å². The molecule has 0 saturated carbocycles. The van der Waals surface area contributed by atoms with Gasteiger partial charge >= 0.3 is 5.97 Å². The summed E-state index contributed by atoms with van der Waals surface area (Å²) in [5.74, 6) is -1.14. The Morgan fingerprint density at radius 1 is 1.62 bits per heavy atom. The van der Waals surface area contributed by atoms with Crippen molar-refractivity contribution in [2.45, 2.75) is 20.3 Å². The van der Waals surface area contributed by atoms with Crippen LogP contribution in [-0.2, 0) is 11.2 Å². The SMILES string of the molecule is Cc1ccc(CC(C)C(=O)O)nc1. The van der Waals surface area contributed by atoms with E-state index in [1.54, 1.807) is 13.1 Å². The van der Waals surface area contributed by atoms with Gasteiger partial charge in [-0.2, -0.15) is 0 Å². The van der Waals surface area contributed by atoms with Crippen LogP contribution in [0.3, 0.4) is 0 Å². The van der Waals surface area contributed by atoms with Crippen molar-refractivity contribution in [3.8, 4) is 0 Å². The van der Waals surface area contributed by atoms with Crippen LogP contribution in [-0.4, -0.2) is 16.1 Å². The van der Waals surface area contributed by atoms with E-state index in [4.69, 9.17) is 5.11 Å². The fraction of sp³-hybridized carbons (Fsp3) is 0.400. The zero-order valence-corrected chi connectivity index (χ0v) is 7.82. The maximum absolute atomic E-state index is 10.5. The largest absolute Gasteiger partial charge is 0.481 e. The minimum atomic E-state index is -0.776. The molecule has 1 heterocycles. The average Bonchev–Trinajstić information content (AvgIpc) is 2.08. The molecule has 0 aliphatic carbocycles. The molecule has 1 aromatic rings. The second-order valence-electron chi connectivity index (χ2n) is 3.27. The van der Waals surface area contributed by atoms with Crippen LogP contribution in [0.1, 0.15) is 18.2 Å². The third-order valence-electron chi connectivity index (χ3n) is 1.91. The maximum atomic E-state index is 10.5. The lowest BCUT2D eigenvalue weighted by Crippen LogP contribution is -2.12. The lowest BCUT2D eigenvalue weighted by Gasteiger charge is -2.04. The van der Waals surface area contributed by atoms with E-state index in [0.717, 1.165) is 11.3 Å². The first-order valence-corrected chi connectivity index (χ1v) is 4.24. The number of hydrogen-bond donors (Lipinski definition) is 1. The number of rotatable bonds is 3. The average molecular weight is 179 g/mol. The van der Waals surface area contributed by atoms with Crippen molar-refractivity contribution in [3.63, 3.8) is 0 Å². The summed E-state index contributed by atoms with van der Waals surface area (Å²) in [4.78, 5) is 14.7. The van der Waals surface area contributed by atoms with Gasteiger partial charge in [0.25, 0.3) is 0 Å². The number of hydrogen-bond acceptors (Lipinski definition) is 2. The molecule has 0 bridgehead atoms. The molecule has 1 aromatic heterocycles. The topological polar surface area (TPSA) is 50.2 Å². The first-order valence-electron chi connectivity index (χ1n) is 4.24. The van der Waals surface area contributed by atoms with Crippen molar-refractivity contribution in [1.29, 1.82) is 0 Å². The molecule has 3 nitrogen and oxygen atoms in total. The summed E-state index contributed by atoms with van der Waals surface area (Å²) >= 11 is 0. The number of nitrogens with zero attached hydrogens (tertiary/aromatic N) is 1. The molecule has 3 heteroatoms. The zero-order valence-electron chi connectivity index (χ0n) is 7.82. The van der Waals surface area contributed by atoms with E-state index in [1.165, 1.54) is 0 Å². The van der Waals surface area contributed by atoms with Crippen LogP contribution >= 0.6 is 0 Å². The Balaban J connectivity index is 2.64. The third-order valence-corrected chi connectivity index (χ3v) is 1.91. The smallest absolute Gasteiger partial charge is 0.306 e. The molecule has 13 heavy (non-hydrogen) atoms. The normalized spacial score (nSPS) is 12.5. The third kappa shape index (κ3) is 2.86. The summed E-state index contributed by atoms with van der Waals surface area (Å²) < 4.78 is 0. The predicted molar refractivity (Wildman–Crippen MR) is 49.5 cm³/mol. The lowest BCUT2D eigenvalue weighted by molar-refractivity contribution is -0.141. The van der Waals surface area contributed by atoms with Crippen LogP contribution in [0.2, 0.25) is 0 Å². The molecular formula is C10H13NO2. The number of pyridine rings is 1. The Kier molecular flexibility index (Phi) is 3.01. The zero-order chi connectivity index (χ0) is 9.84. The van der Waals surface area contributed by atoms with Gasteiger partial charge in [-0.15, -0.1) is 0 Å². The highest BCUT2D eigenvalue weighted by Gasteiger charge is 2.11. The Bertz CT molecular complexity index is 292. The van der Waals surface area contributed by atoms with Gasteiger partial charge in [-0.25, -0.2) is 0 Å². The van der Waals surface area contributed by atoms with Gasteiger partial charge in [0, 0.05) is 18.3 Å². The quantitative estimate of drug-likeness (QED) is 0.767. The second kappa shape index (κ2) is 4.03. The summed E-state index contributed by atoms with van der Waals surface area (Å²) in [6, 6.07) is 3.81. The molecule has 1 rings (SSSR count). The minimum absolute atomic E-state index is 0.366. The maximum Gasteiger partial charge on any atom is 0.306 e. The molecule has 0 amide bonds. The van der Waals surface area contributed by atoms with E-state index >= 15 is 0 Å². The number of aryl methyl sites for hydroxylation is 1. The monoisotopic (exact) mass is 179 g/mol. The fourth-order valence-corrected chi connectivity index (χ4v) is 1.02. The van der Waals surface area contributed by atoms with E-state index in [2.05, 4.69) is 4.98 Å². The summed E-state index contributed by atoms with van der Waals surface area (Å²) in [7, 11) is 0. The van der Waals surface area contributed by atoms with E-state index in [1.807, 2.05) is 19.1 Å². The van der Waals surface area contributed by atoms with Gasteiger partial charge in [0.15, 0.2) is 0 Å². The number of aliphatic carboxylic acids is 1. The van der Waals surface area contributed by atoms with Crippen molar-refractivity contribution in [2.24, 2.45) is 5.92 Å². The molecular weight excluding hydrogens is 166 g/mol. The van der Waals surface area contributed by atoms with Crippen LogP contribution < -0.4 is 0 Å². The highest BCUT2D eigenvalue weighted by Crippen LogP contribution is 2.06. The van der Waals surface area contributed by atoms with Gasteiger partial charge in [-0.3, -0.25) is 9.78 Å². The van der Waals surface area contributed by atoms with Crippen molar-refractivity contribution >= 4 is 5.97 Å². The van der Waals surface area contributed by atoms with Crippen molar-refractivity contribution < 1.29 is 9.90 Å². The Morgan fingerprint density at radius 3 is 2.77 bits per heavy atom. The number of carboxylic acids is 1. The van der Waals surface area contributed by atoms with Crippen LogP contribution in [0, 0.1) is 12.8 Å². The minimum Gasteiger partial charge on any atom is -0.481 e. The Labute approximate surface area is 77.4 Å². The molecule has 0 saturated heterocycles. The molecule has 0 radical (unpaired) electrons. The highest BCUT2D eigenvalue weighted by molar-refractivity contribution is 5.69. The van der Waals surface area contributed by atoms with Crippen molar-refractivity contribution in [3.05, 3.63) is 29.6 Å². The van der Waals surface area contributed by atoms with Gasteiger partial charge < -0.3 is 5.11 Å².